The Kier molecular flexibility index (Phi) is 3.12. The minimum atomic E-state index is 0.801. The smallest absolute Gasteiger partial charge is 0.0171 e. The second-order valence-electron chi connectivity index (χ2n) is 5.00. The summed E-state index contributed by atoms with van der Waals surface area (Å²) in [4.78, 5) is 0. The molecule has 0 amide bonds. The molecule has 1 aliphatic rings. The number of hydrogen-bond donors (Lipinski definition) is 0. The highest BCUT2D eigenvalue weighted by Gasteiger charge is 2.25. The van der Waals surface area contributed by atoms with Crippen LogP contribution in [0.5, 0.6) is 0 Å². The first kappa shape index (κ1) is 11.5. The zero-order chi connectivity index (χ0) is 11.8. The van der Waals surface area contributed by atoms with E-state index in [9.17, 15) is 0 Å². The molecule has 0 aromatic heterocycles. The van der Waals surface area contributed by atoms with Crippen LogP contribution in [0.25, 0.3) is 10.8 Å². The molecule has 0 nitrogen and oxygen atoms in total. The Morgan fingerprint density at radius 1 is 1.29 bits per heavy atom. The third-order valence-electron chi connectivity index (χ3n) is 3.93. The summed E-state index contributed by atoms with van der Waals surface area (Å²) in [5.74, 6) is 0.801. The molecule has 0 saturated heterocycles. The lowest BCUT2D eigenvalue weighted by atomic mass is 9.92. The maximum atomic E-state index is 2.51. The molecule has 0 heterocycles. The van der Waals surface area contributed by atoms with Crippen LogP contribution in [0.3, 0.4) is 0 Å². The van der Waals surface area contributed by atoms with Gasteiger partial charge in [0.25, 0.3) is 0 Å². The van der Waals surface area contributed by atoms with Gasteiger partial charge in [-0.25, -0.2) is 0 Å². The van der Waals surface area contributed by atoms with E-state index in [-0.39, 0.29) is 0 Å². The summed E-state index contributed by atoms with van der Waals surface area (Å²) in [6.45, 7) is 2.30. The van der Waals surface area contributed by atoms with Crippen molar-refractivity contribution in [1.82, 2.24) is 0 Å². The molecule has 0 bridgehead atoms. The minimum Gasteiger partial charge on any atom is -0.0654 e. The summed E-state index contributed by atoms with van der Waals surface area (Å²) in [5, 5.41) is 2.91. The summed E-state index contributed by atoms with van der Waals surface area (Å²) >= 11 is 2.51. The molecular formula is C16H17I. The van der Waals surface area contributed by atoms with Crippen LogP contribution in [0.2, 0.25) is 0 Å². The fourth-order valence-electron chi connectivity index (χ4n) is 3.20. The lowest BCUT2D eigenvalue weighted by molar-refractivity contribution is 0.611. The minimum absolute atomic E-state index is 0.801. The summed E-state index contributed by atoms with van der Waals surface area (Å²) in [7, 11) is 0. The van der Waals surface area contributed by atoms with Crippen molar-refractivity contribution in [3.8, 4) is 0 Å². The molecule has 0 N–H and O–H groups in total. The van der Waals surface area contributed by atoms with E-state index >= 15 is 0 Å². The fraction of sp³-hybridized carbons (Fsp3) is 0.375. The molecule has 0 spiro atoms. The van der Waals surface area contributed by atoms with Crippen LogP contribution in [0.4, 0.5) is 0 Å². The van der Waals surface area contributed by atoms with E-state index in [2.05, 4.69) is 59.8 Å². The van der Waals surface area contributed by atoms with Crippen molar-refractivity contribution in [1.29, 1.82) is 0 Å². The predicted octanol–water partition coefficient (Wildman–Crippen LogP) is 5.27. The van der Waals surface area contributed by atoms with Gasteiger partial charge in [0.1, 0.15) is 0 Å². The lowest BCUT2D eigenvalue weighted by Gasteiger charge is -2.14. The van der Waals surface area contributed by atoms with Gasteiger partial charge in [-0.2, -0.15) is 0 Å². The Balaban J connectivity index is 2.26. The van der Waals surface area contributed by atoms with E-state index in [1.807, 2.05) is 0 Å². The summed E-state index contributed by atoms with van der Waals surface area (Å²) in [6.07, 6.45) is 5.28. The first-order valence-corrected chi connectivity index (χ1v) is 7.59. The van der Waals surface area contributed by atoms with Crippen molar-refractivity contribution in [2.75, 3.05) is 0 Å². The van der Waals surface area contributed by atoms with Gasteiger partial charge in [0.2, 0.25) is 0 Å². The Bertz CT molecular complexity index is 557. The first-order chi connectivity index (χ1) is 8.31. The molecule has 1 aliphatic carbocycles. The fourth-order valence-corrected chi connectivity index (χ4v) is 4.10. The summed E-state index contributed by atoms with van der Waals surface area (Å²) in [6, 6.07) is 11.2. The highest BCUT2D eigenvalue weighted by Crippen LogP contribution is 2.42. The molecule has 0 fully saturated rings. The van der Waals surface area contributed by atoms with Crippen LogP contribution in [-0.2, 0) is 6.42 Å². The topological polar surface area (TPSA) is 0 Å². The second kappa shape index (κ2) is 4.60. The zero-order valence-corrected chi connectivity index (χ0v) is 12.3. The predicted molar refractivity (Wildman–Crippen MR) is 82.6 cm³/mol. The van der Waals surface area contributed by atoms with Gasteiger partial charge in [-0.3, -0.25) is 0 Å². The van der Waals surface area contributed by atoms with E-state index in [0.29, 0.717) is 0 Å². The standard InChI is InChI=1S/C16H17I/c1-2-5-11-8-9-14-15(17)10-12-6-3-4-7-13(12)16(11)14/h3-4,6-7,10-11H,2,5,8-9H2,1H3. The van der Waals surface area contributed by atoms with Gasteiger partial charge in [0, 0.05) is 3.57 Å². The van der Waals surface area contributed by atoms with Crippen LogP contribution in [0, 0.1) is 3.57 Å². The number of fused-ring (bicyclic) bond motifs is 3. The highest BCUT2D eigenvalue weighted by atomic mass is 127. The van der Waals surface area contributed by atoms with Crippen molar-refractivity contribution in [3.05, 3.63) is 45.0 Å². The van der Waals surface area contributed by atoms with Gasteiger partial charge in [0.15, 0.2) is 0 Å². The molecule has 0 radical (unpaired) electrons. The first-order valence-electron chi connectivity index (χ1n) is 6.51. The number of benzene rings is 2. The van der Waals surface area contributed by atoms with Crippen molar-refractivity contribution >= 4 is 33.4 Å². The van der Waals surface area contributed by atoms with E-state index in [4.69, 9.17) is 0 Å². The van der Waals surface area contributed by atoms with Crippen LogP contribution < -0.4 is 0 Å². The van der Waals surface area contributed by atoms with E-state index < -0.39 is 0 Å². The van der Waals surface area contributed by atoms with Crippen LogP contribution in [0.1, 0.15) is 43.2 Å². The monoisotopic (exact) mass is 336 g/mol. The van der Waals surface area contributed by atoms with Gasteiger partial charge in [-0.15, -0.1) is 0 Å². The third kappa shape index (κ3) is 1.88. The van der Waals surface area contributed by atoms with Crippen LogP contribution in [0.15, 0.2) is 30.3 Å². The number of rotatable bonds is 2. The molecule has 1 heteroatoms. The molecule has 17 heavy (non-hydrogen) atoms. The average Bonchev–Trinajstić information content (AvgIpc) is 2.75. The highest BCUT2D eigenvalue weighted by molar-refractivity contribution is 14.1. The zero-order valence-electron chi connectivity index (χ0n) is 10.2. The summed E-state index contributed by atoms with van der Waals surface area (Å²) in [5.41, 5.74) is 3.29. The molecular weight excluding hydrogens is 319 g/mol. The summed E-state index contributed by atoms with van der Waals surface area (Å²) < 4.78 is 1.47. The van der Waals surface area contributed by atoms with Crippen LogP contribution in [-0.4, -0.2) is 0 Å². The SMILES string of the molecule is CCCC1CCc2c(I)cc3ccccc3c21. The molecule has 3 rings (SSSR count). The normalized spacial score (nSPS) is 18.6. The Morgan fingerprint density at radius 3 is 2.94 bits per heavy atom. The quantitative estimate of drug-likeness (QED) is 0.655. The van der Waals surface area contributed by atoms with Crippen LogP contribution >= 0.6 is 22.6 Å². The molecule has 0 aliphatic heterocycles. The number of halogens is 1. The Hall–Kier alpha value is -0.570. The maximum Gasteiger partial charge on any atom is 0.0171 e. The lowest BCUT2D eigenvalue weighted by Crippen LogP contribution is -1.95. The van der Waals surface area contributed by atoms with Gasteiger partial charge >= 0.3 is 0 Å². The third-order valence-corrected chi connectivity index (χ3v) is 4.90. The molecule has 2 aromatic carbocycles. The van der Waals surface area contributed by atoms with Gasteiger partial charge < -0.3 is 0 Å². The molecule has 88 valence electrons. The molecule has 1 unspecified atom stereocenters. The Morgan fingerprint density at radius 2 is 2.12 bits per heavy atom. The van der Waals surface area contributed by atoms with Gasteiger partial charge in [-0.1, -0.05) is 37.6 Å². The van der Waals surface area contributed by atoms with E-state index in [1.165, 1.54) is 40.0 Å². The second-order valence-corrected chi connectivity index (χ2v) is 6.16. The average molecular weight is 336 g/mol. The number of hydrogen-bond acceptors (Lipinski definition) is 0. The maximum absolute atomic E-state index is 2.51. The largest absolute Gasteiger partial charge is 0.0654 e. The van der Waals surface area contributed by atoms with Crippen molar-refractivity contribution in [2.24, 2.45) is 0 Å². The molecule has 2 aromatic rings. The Labute approximate surface area is 117 Å². The van der Waals surface area contributed by atoms with Crippen molar-refractivity contribution in [2.45, 2.75) is 38.5 Å². The van der Waals surface area contributed by atoms with Crippen molar-refractivity contribution in [3.63, 3.8) is 0 Å². The van der Waals surface area contributed by atoms with Gasteiger partial charge in [-0.05, 0) is 75.7 Å². The van der Waals surface area contributed by atoms with E-state index in [1.54, 1.807) is 11.1 Å². The van der Waals surface area contributed by atoms with Gasteiger partial charge in [0.05, 0.1) is 0 Å². The van der Waals surface area contributed by atoms with E-state index in [0.717, 1.165) is 5.92 Å². The van der Waals surface area contributed by atoms with Crippen molar-refractivity contribution < 1.29 is 0 Å². The molecule has 1 atom stereocenters. The molecule has 0 saturated carbocycles.